The number of nitrogens with one attached hydrogen (secondary N) is 1. The van der Waals surface area contributed by atoms with Crippen LogP contribution in [0.25, 0.3) is 10.9 Å². The highest BCUT2D eigenvalue weighted by atomic mass is 16.5. The van der Waals surface area contributed by atoms with E-state index in [0.717, 1.165) is 0 Å². The number of hydrazone groups is 1. The van der Waals surface area contributed by atoms with Gasteiger partial charge in [-0.2, -0.15) is 5.10 Å². The number of fused-ring (bicyclic) bond motifs is 1. The molecule has 0 unspecified atom stereocenters. The highest BCUT2D eigenvalue weighted by Gasteiger charge is 2.10. The number of aromatic hydroxyl groups is 1. The lowest BCUT2D eigenvalue weighted by Crippen LogP contribution is -2.25. The first-order valence-corrected chi connectivity index (χ1v) is 8.85. The number of hydrogen-bond acceptors (Lipinski definition) is 6. The Hall–Kier alpha value is -3.19. The van der Waals surface area contributed by atoms with Gasteiger partial charge < -0.3 is 9.84 Å². The van der Waals surface area contributed by atoms with Gasteiger partial charge in [0.2, 0.25) is 5.95 Å². The summed E-state index contributed by atoms with van der Waals surface area (Å²) in [5.74, 6) is 0.477. The molecule has 0 atom stereocenters. The summed E-state index contributed by atoms with van der Waals surface area (Å²) in [6.45, 7) is 3.60. The van der Waals surface area contributed by atoms with E-state index in [1.165, 1.54) is 6.21 Å². The molecule has 27 heavy (non-hydrogen) atoms. The molecule has 2 aromatic carbocycles. The first-order valence-electron chi connectivity index (χ1n) is 8.85. The molecular formula is C20H22N4O3. The second-order valence-corrected chi connectivity index (χ2v) is 5.89. The molecule has 0 saturated heterocycles. The maximum absolute atomic E-state index is 12.9. The molecule has 0 aliphatic carbocycles. The smallest absolute Gasteiger partial charge is 0.262 e. The molecular weight excluding hydrogens is 344 g/mol. The van der Waals surface area contributed by atoms with Crippen molar-refractivity contribution in [2.24, 2.45) is 5.10 Å². The second-order valence-electron chi connectivity index (χ2n) is 5.89. The third kappa shape index (κ3) is 4.51. The van der Waals surface area contributed by atoms with Gasteiger partial charge in [0.1, 0.15) is 5.75 Å². The van der Waals surface area contributed by atoms with Crippen LogP contribution < -0.4 is 11.0 Å². The number of phenols is 1. The summed E-state index contributed by atoms with van der Waals surface area (Å²) in [5.41, 5.74) is 3.87. The van der Waals surface area contributed by atoms with Gasteiger partial charge in [0.15, 0.2) is 0 Å². The Labute approximate surface area is 156 Å². The topological polar surface area (TPSA) is 88.7 Å². The molecule has 3 rings (SSSR count). The first kappa shape index (κ1) is 18.6. The molecule has 1 heterocycles. The maximum atomic E-state index is 12.9. The third-order valence-electron chi connectivity index (χ3n) is 4.04. The number of aromatic nitrogens is 2. The van der Waals surface area contributed by atoms with Crippen LogP contribution in [0.15, 0.2) is 58.4 Å². The van der Waals surface area contributed by atoms with Crippen LogP contribution in [0.1, 0.15) is 18.9 Å². The Bertz CT molecular complexity index is 998. The normalized spacial score (nSPS) is 11.3. The highest BCUT2D eigenvalue weighted by molar-refractivity contribution is 5.84. The van der Waals surface area contributed by atoms with Crippen molar-refractivity contribution in [2.75, 3.05) is 18.6 Å². The number of nitrogens with zero attached hydrogens (tertiary/aromatic N) is 3. The predicted octanol–water partition coefficient (Wildman–Crippen LogP) is 2.97. The van der Waals surface area contributed by atoms with Gasteiger partial charge in [-0.3, -0.25) is 9.36 Å². The fraction of sp³-hybridized carbons (Fsp3) is 0.250. The summed E-state index contributed by atoms with van der Waals surface area (Å²) in [7, 11) is 0. The molecule has 140 valence electrons. The number of rotatable bonds is 8. The van der Waals surface area contributed by atoms with Gasteiger partial charge in [0.25, 0.3) is 5.56 Å². The molecule has 0 aliphatic rings. The van der Waals surface area contributed by atoms with Crippen molar-refractivity contribution in [2.45, 2.75) is 19.9 Å². The number of anilines is 1. The van der Waals surface area contributed by atoms with Gasteiger partial charge >= 0.3 is 0 Å². The Balaban J connectivity index is 1.89. The molecule has 0 amide bonds. The zero-order chi connectivity index (χ0) is 19.1. The van der Waals surface area contributed by atoms with Crippen LogP contribution in [0.4, 0.5) is 5.95 Å². The average molecular weight is 366 g/mol. The fourth-order valence-electron chi connectivity index (χ4n) is 2.69. The van der Waals surface area contributed by atoms with Crippen LogP contribution in [0.3, 0.4) is 0 Å². The van der Waals surface area contributed by atoms with Crippen LogP contribution in [-0.4, -0.2) is 34.1 Å². The van der Waals surface area contributed by atoms with E-state index in [0.29, 0.717) is 48.6 Å². The molecule has 0 bridgehead atoms. The van der Waals surface area contributed by atoms with E-state index in [4.69, 9.17) is 4.74 Å². The molecule has 3 aromatic rings. The van der Waals surface area contributed by atoms with Gasteiger partial charge in [-0.05, 0) is 37.6 Å². The Morgan fingerprint density at radius 3 is 2.81 bits per heavy atom. The minimum atomic E-state index is -0.127. The van der Waals surface area contributed by atoms with Crippen molar-refractivity contribution in [1.29, 1.82) is 0 Å². The third-order valence-corrected chi connectivity index (χ3v) is 4.04. The SMILES string of the molecule is CCOCCCn1c(N/N=C/c2ccccc2O)nc2ccccc2c1=O. The van der Waals surface area contributed by atoms with Gasteiger partial charge in [-0.25, -0.2) is 10.4 Å². The van der Waals surface area contributed by atoms with Crippen molar-refractivity contribution in [1.82, 2.24) is 9.55 Å². The van der Waals surface area contributed by atoms with E-state index in [1.54, 1.807) is 41.0 Å². The van der Waals surface area contributed by atoms with Crippen LogP contribution in [-0.2, 0) is 11.3 Å². The van der Waals surface area contributed by atoms with Gasteiger partial charge in [0.05, 0.1) is 17.1 Å². The number of hydrogen-bond donors (Lipinski definition) is 2. The number of ether oxygens (including phenoxy) is 1. The molecule has 1 aromatic heterocycles. The van der Waals surface area contributed by atoms with Crippen molar-refractivity contribution < 1.29 is 9.84 Å². The molecule has 2 N–H and O–H groups in total. The van der Waals surface area contributed by atoms with Gasteiger partial charge in [-0.15, -0.1) is 0 Å². The predicted molar refractivity (Wildman–Crippen MR) is 106 cm³/mol. The van der Waals surface area contributed by atoms with E-state index in [2.05, 4.69) is 15.5 Å². The zero-order valence-electron chi connectivity index (χ0n) is 15.1. The van der Waals surface area contributed by atoms with Gasteiger partial charge in [0, 0.05) is 25.3 Å². The minimum Gasteiger partial charge on any atom is -0.507 e. The number of benzene rings is 2. The lowest BCUT2D eigenvalue weighted by Gasteiger charge is -2.12. The van der Waals surface area contributed by atoms with Crippen molar-refractivity contribution in [3.05, 3.63) is 64.4 Å². The standard InChI is InChI=1S/C20H22N4O3/c1-2-27-13-7-12-24-19(26)16-9-4-5-10-17(16)22-20(24)23-21-14-15-8-3-6-11-18(15)25/h3-6,8-11,14,25H,2,7,12-13H2,1H3,(H,22,23)/b21-14+. The first-order chi connectivity index (χ1) is 13.2. The van der Waals surface area contributed by atoms with E-state index in [9.17, 15) is 9.90 Å². The van der Waals surface area contributed by atoms with Crippen molar-refractivity contribution in [3.63, 3.8) is 0 Å². The average Bonchev–Trinajstić information content (AvgIpc) is 2.68. The van der Waals surface area contributed by atoms with Crippen molar-refractivity contribution in [3.8, 4) is 5.75 Å². The van der Waals surface area contributed by atoms with Crippen LogP contribution in [0.5, 0.6) is 5.75 Å². The van der Waals surface area contributed by atoms with Gasteiger partial charge in [-0.1, -0.05) is 24.3 Å². The summed E-state index contributed by atoms with van der Waals surface area (Å²) in [5, 5.41) is 14.5. The Morgan fingerprint density at radius 1 is 1.22 bits per heavy atom. The number of para-hydroxylation sites is 2. The zero-order valence-corrected chi connectivity index (χ0v) is 15.1. The molecule has 0 aliphatic heterocycles. The molecule has 0 radical (unpaired) electrons. The highest BCUT2D eigenvalue weighted by Crippen LogP contribution is 2.14. The fourth-order valence-corrected chi connectivity index (χ4v) is 2.69. The van der Waals surface area contributed by atoms with Crippen LogP contribution >= 0.6 is 0 Å². The molecule has 7 nitrogen and oxygen atoms in total. The van der Waals surface area contributed by atoms with E-state index >= 15 is 0 Å². The number of phenolic OH excluding ortho intramolecular Hbond substituents is 1. The monoisotopic (exact) mass is 366 g/mol. The van der Waals surface area contributed by atoms with Crippen LogP contribution in [0, 0.1) is 0 Å². The summed E-state index contributed by atoms with van der Waals surface area (Å²) < 4.78 is 6.92. The summed E-state index contributed by atoms with van der Waals surface area (Å²) in [6, 6.07) is 14.1. The van der Waals surface area contributed by atoms with E-state index < -0.39 is 0 Å². The molecule has 7 heteroatoms. The van der Waals surface area contributed by atoms with Crippen molar-refractivity contribution >= 4 is 23.1 Å². The minimum absolute atomic E-state index is 0.127. The second kappa shape index (κ2) is 8.95. The molecule has 0 fully saturated rings. The molecule has 0 saturated carbocycles. The quantitative estimate of drug-likeness (QED) is 0.363. The lowest BCUT2D eigenvalue weighted by atomic mass is 10.2. The van der Waals surface area contributed by atoms with Crippen LogP contribution in [0.2, 0.25) is 0 Å². The summed E-state index contributed by atoms with van der Waals surface area (Å²) in [6.07, 6.45) is 2.17. The summed E-state index contributed by atoms with van der Waals surface area (Å²) in [4.78, 5) is 17.4. The van der Waals surface area contributed by atoms with E-state index in [1.807, 2.05) is 19.1 Å². The lowest BCUT2D eigenvalue weighted by molar-refractivity contribution is 0.141. The Morgan fingerprint density at radius 2 is 2.00 bits per heavy atom. The van der Waals surface area contributed by atoms with E-state index in [-0.39, 0.29) is 11.3 Å². The Kier molecular flexibility index (Phi) is 6.17. The summed E-state index contributed by atoms with van der Waals surface area (Å²) >= 11 is 0. The largest absolute Gasteiger partial charge is 0.507 e. The maximum Gasteiger partial charge on any atom is 0.262 e. The molecule has 0 spiro atoms.